The van der Waals surface area contributed by atoms with Crippen LogP contribution in [0.4, 0.5) is 0 Å². The molecule has 0 aromatic heterocycles. The molecule has 1 unspecified atom stereocenters. The minimum atomic E-state index is -0.164. The predicted molar refractivity (Wildman–Crippen MR) is 79.0 cm³/mol. The van der Waals surface area contributed by atoms with E-state index in [4.69, 9.17) is 18.0 Å². The SMILES string of the molecule is CSc1ccccc1C(=O)NC(C(N)=S)C1CC1. The van der Waals surface area contributed by atoms with Crippen molar-refractivity contribution in [1.29, 1.82) is 0 Å². The number of benzene rings is 1. The summed E-state index contributed by atoms with van der Waals surface area (Å²) in [6.07, 6.45) is 4.14. The monoisotopic (exact) mass is 280 g/mol. The van der Waals surface area contributed by atoms with E-state index >= 15 is 0 Å². The van der Waals surface area contributed by atoms with Crippen LogP contribution in [0.5, 0.6) is 0 Å². The van der Waals surface area contributed by atoms with Gasteiger partial charge < -0.3 is 11.1 Å². The molecule has 3 nitrogen and oxygen atoms in total. The Kier molecular flexibility index (Phi) is 4.24. The summed E-state index contributed by atoms with van der Waals surface area (Å²) in [5.74, 6) is 0.331. The zero-order valence-electron chi connectivity index (χ0n) is 10.2. The molecule has 0 heterocycles. The van der Waals surface area contributed by atoms with E-state index < -0.39 is 0 Å². The molecule has 2 rings (SSSR count). The van der Waals surface area contributed by atoms with Gasteiger partial charge in [0.2, 0.25) is 0 Å². The van der Waals surface area contributed by atoms with E-state index in [0.29, 0.717) is 16.5 Å². The summed E-state index contributed by atoms with van der Waals surface area (Å²) in [7, 11) is 0. The first kappa shape index (κ1) is 13.4. The van der Waals surface area contributed by atoms with Crippen LogP contribution in [-0.4, -0.2) is 23.2 Å². The molecule has 0 spiro atoms. The lowest BCUT2D eigenvalue weighted by molar-refractivity contribution is 0.0941. The molecule has 96 valence electrons. The van der Waals surface area contributed by atoms with Gasteiger partial charge in [0.15, 0.2) is 0 Å². The summed E-state index contributed by atoms with van der Waals surface area (Å²) in [5, 5.41) is 2.95. The molecular formula is C13H16N2OS2. The molecule has 1 saturated carbocycles. The highest BCUT2D eigenvalue weighted by atomic mass is 32.2. The summed E-state index contributed by atoms with van der Waals surface area (Å²) in [6.45, 7) is 0. The molecule has 3 N–H and O–H groups in total. The van der Waals surface area contributed by atoms with Crippen molar-refractivity contribution in [2.75, 3.05) is 6.26 Å². The van der Waals surface area contributed by atoms with E-state index in [2.05, 4.69) is 5.32 Å². The fourth-order valence-corrected chi connectivity index (χ4v) is 2.75. The number of carbonyl (C=O) groups is 1. The molecule has 0 aliphatic heterocycles. The van der Waals surface area contributed by atoms with Crippen molar-refractivity contribution in [3.05, 3.63) is 29.8 Å². The number of thioether (sulfide) groups is 1. The van der Waals surface area contributed by atoms with Crippen LogP contribution in [0.3, 0.4) is 0 Å². The number of amides is 1. The van der Waals surface area contributed by atoms with Gasteiger partial charge in [-0.2, -0.15) is 0 Å². The fourth-order valence-electron chi connectivity index (χ4n) is 1.90. The van der Waals surface area contributed by atoms with Gasteiger partial charge in [-0.1, -0.05) is 24.4 Å². The van der Waals surface area contributed by atoms with Gasteiger partial charge in [-0.25, -0.2) is 0 Å². The lowest BCUT2D eigenvalue weighted by Gasteiger charge is -2.17. The van der Waals surface area contributed by atoms with Crippen molar-refractivity contribution in [3.63, 3.8) is 0 Å². The molecule has 1 aliphatic rings. The van der Waals surface area contributed by atoms with E-state index in [1.165, 1.54) is 0 Å². The molecule has 1 aromatic carbocycles. The van der Waals surface area contributed by atoms with Gasteiger partial charge in [0.1, 0.15) is 0 Å². The highest BCUT2D eigenvalue weighted by Crippen LogP contribution is 2.33. The molecule has 1 amide bonds. The maximum Gasteiger partial charge on any atom is 0.252 e. The van der Waals surface area contributed by atoms with Crippen LogP contribution in [0.1, 0.15) is 23.2 Å². The van der Waals surface area contributed by atoms with Gasteiger partial charge in [-0.05, 0) is 37.1 Å². The highest BCUT2D eigenvalue weighted by molar-refractivity contribution is 7.98. The second-order valence-electron chi connectivity index (χ2n) is 4.39. The minimum Gasteiger partial charge on any atom is -0.392 e. The number of rotatable bonds is 5. The average molecular weight is 280 g/mol. The van der Waals surface area contributed by atoms with Gasteiger partial charge in [0.25, 0.3) is 5.91 Å². The predicted octanol–water partition coefficient (Wildman–Crippen LogP) is 2.20. The van der Waals surface area contributed by atoms with Gasteiger partial charge in [-0.3, -0.25) is 4.79 Å². The Morgan fingerprint density at radius 1 is 1.50 bits per heavy atom. The van der Waals surface area contributed by atoms with Gasteiger partial charge in [0, 0.05) is 4.90 Å². The standard InChI is InChI=1S/C13H16N2OS2/c1-18-10-5-3-2-4-9(10)13(16)15-11(12(14)17)8-6-7-8/h2-5,8,11H,6-7H2,1H3,(H2,14,17)(H,15,16). The third kappa shape index (κ3) is 3.03. The summed E-state index contributed by atoms with van der Waals surface area (Å²) in [4.78, 5) is 13.6. The summed E-state index contributed by atoms with van der Waals surface area (Å²) >= 11 is 6.58. The van der Waals surface area contributed by atoms with Crippen molar-refractivity contribution in [2.45, 2.75) is 23.8 Å². The number of carbonyl (C=O) groups excluding carboxylic acids is 1. The number of nitrogens with one attached hydrogen (secondary N) is 1. The number of hydrogen-bond acceptors (Lipinski definition) is 3. The lowest BCUT2D eigenvalue weighted by Crippen LogP contribution is -2.45. The molecular weight excluding hydrogens is 264 g/mol. The molecule has 5 heteroatoms. The number of nitrogens with two attached hydrogens (primary N) is 1. The third-order valence-electron chi connectivity index (χ3n) is 3.04. The molecule has 1 fully saturated rings. The number of hydrogen-bond donors (Lipinski definition) is 2. The van der Waals surface area contributed by atoms with Crippen molar-refractivity contribution >= 4 is 34.9 Å². The Labute approximate surface area is 117 Å². The smallest absolute Gasteiger partial charge is 0.252 e. The van der Waals surface area contributed by atoms with Crippen LogP contribution < -0.4 is 11.1 Å². The molecule has 18 heavy (non-hydrogen) atoms. The average Bonchev–Trinajstić information content (AvgIpc) is 3.19. The van der Waals surface area contributed by atoms with E-state index in [9.17, 15) is 4.79 Å². The van der Waals surface area contributed by atoms with Crippen LogP contribution >= 0.6 is 24.0 Å². The Morgan fingerprint density at radius 2 is 2.17 bits per heavy atom. The molecule has 1 aromatic rings. The van der Waals surface area contributed by atoms with Crippen LogP contribution in [-0.2, 0) is 0 Å². The topological polar surface area (TPSA) is 55.1 Å². The molecule has 1 aliphatic carbocycles. The zero-order valence-corrected chi connectivity index (χ0v) is 11.8. The first-order valence-corrected chi connectivity index (χ1v) is 7.50. The normalized spacial score (nSPS) is 16.1. The van der Waals surface area contributed by atoms with Crippen LogP contribution in [0.25, 0.3) is 0 Å². The molecule has 0 radical (unpaired) electrons. The maximum atomic E-state index is 12.2. The van der Waals surface area contributed by atoms with E-state index in [1.807, 2.05) is 30.5 Å². The van der Waals surface area contributed by atoms with Crippen LogP contribution in [0.2, 0.25) is 0 Å². The first-order valence-electron chi connectivity index (χ1n) is 5.86. The quantitative estimate of drug-likeness (QED) is 0.641. The first-order chi connectivity index (χ1) is 8.63. The molecule has 1 atom stereocenters. The van der Waals surface area contributed by atoms with Crippen molar-refractivity contribution in [2.24, 2.45) is 11.7 Å². The second-order valence-corrected chi connectivity index (χ2v) is 5.71. The highest BCUT2D eigenvalue weighted by Gasteiger charge is 2.34. The van der Waals surface area contributed by atoms with E-state index in [0.717, 1.165) is 17.7 Å². The number of thiocarbonyl (C=S) groups is 1. The Balaban J connectivity index is 2.13. The van der Waals surface area contributed by atoms with E-state index in [-0.39, 0.29) is 11.9 Å². The van der Waals surface area contributed by atoms with Gasteiger partial charge in [-0.15, -0.1) is 11.8 Å². The fraction of sp³-hybridized carbons (Fsp3) is 0.385. The van der Waals surface area contributed by atoms with Crippen molar-refractivity contribution in [3.8, 4) is 0 Å². The van der Waals surface area contributed by atoms with Crippen LogP contribution in [0, 0.1) is 5.92 Å². The van der Waals surface area contributed by atoms with Crippen molar-refractivity contribution < 1.29 is 4.79 Å². The van der Waals surface area contributed by atoms with Gasteiger partial charge in [0.05, 0.1) is 16.6 Å². The van der Waals surface area contributed by atoms with Gasteiger partial charge >= 0.3 is 0 Å². The largest absolute Gasteiger partial charge is 0.392 e. The second kappa shape index (κ2) is 5.71. The Bertz CT molecular complexity index is 472. The summed E-state index contributed by atoms with van der Waals surface area (Å²) in [5.41, 5.74) is 6.37. The summed E-state index contributed by atoms with van der Waals surface area (Å²) in [6, 6.07) is 7.38. The minimum absolute atomic E-state index is 0.0929. The summed E-state index contributed by atoms with van der Waals surface area (Å²) < 4.78 is 0. The lowest BCUT2D eigenvalue weighted by atomic mass is 10.1. The maximum absolute atomic E-state index is 12.2. The zero-order chi connectivity index (χ0) is 13.1. The third-order valence-corrected chi connectivity index (χ3v) is 4.09. The van der Waals surface area contributed by atoms with E-state index in [1.54, 1.807) is 11.8 Å². The Morgan fingerprint density at radius 3 is 2.72 bits per heavy atom. The van der Waals surface area contributed by atoms with Crippen LogP contribution in [0.15, 0.2) is 29.2 Å². The molecule has 0 bridgehead atoms. The van der Waals surface area contributed by atoms with Crippen molar-refractivity contribution in [1.82, 2.24) is 5.32 Å². The molecule has 0 saturated heterocycles. The Hall–Kier alpha value is -1.07.